The van der Waals surface area contributed by atoms with E-state index in [1.807, 2.05) is 11.0 Å². The molecular weight excluding hydrogens is 312 g/mol. The first-order valence-corrected chi connectivity index (χ1v) is 9.83. The molecular formula is C21H28N2O2. The van der Waals surface area contributed by atoms with Gasteiger partial charge in [0.1, 0.15) is 6.04 Å². The van der Waals surface area contributed by atoms with Crippen molar-refractivity contribution < 1.29 is 9.59 Å². The van der Waals surface area contributed by atoms with Gasteiger partial charge in [-0.3, -0.25) is 9.59 Å². The van der Waals surface area contributed by atoms with Crippen LogP contribution in [-0.2, 0) is 15.0 Å². The van der Waals surface area contributed by atoms with Crippen molar-refractivity contribution in [3.05, 3.63) is 35.9 Å². The van der Waals surface area contributed by atoms with Crippen LogP contribution in [0.2, 0.25) is 0 Å². The molecule has 3 fully saturated rings. The Morgan fingerprint density at radius 2 is 1.76 bits per heavy atom. The van der Waals surface area contributed by atoms with Crippen LogP contribution in [0.3, 0.4) is 0 Å². The van der Waals surface area contributed by atoms with Crippen LogP contribution < -0.4 is 5.32 Å². The van der Waals surface area contributed by atoms with Crippen molar-refractivity contribution in [3.8, 4) is 0 Å². The third kappa shape index (κ3) is 3.31. The van der Waals surface area contributed by atoms with Crippen molar-refractivity contribution in [2.45, 2.75) is 62.8 Å². The van der Waals surface area contributed by atoms with Gasteiger partial charge in [-0.2, -0.15) is 0 Å². The van der Waals surface area contributed by atoms with Crippen LogP contribution in [0.15, 0.2) is 30.3 Å². The molecule has 1 atom stereocenters. The summed E-state index contributed by atoms with van der Waals surface area (Å²) in [5.41, 5.74) is 1.41. The molecule has 1 aromatic carbocycles. The molecule has 1 unspecified atom stereocenters. The molecule has 2 amide bonds. The number of carbonyl (C=O) groups is 2. The SMILES string of the molecule is O=C(NCC1(c2ccccc2)CCCC1)C1CCCN1C(=O)C1CC1. The zero-order chi connectivity index (χ0) is 17.3. The maximum absolute atomic E-state index is 12.8. The van der Waals surface area contributed by atoms with Gasteiger partial charge in [-0.15, -0.1) is 0 Å². The maximum atomic E-state index is 12.8. The topological polar surface area (TPSA) is 49.4 Å². The van der Waals surface area contributed by atoms with Crippen molar-refractivity contribution in [1.29, 1.82) is 0 Å². The van der Waals surface area contributed by atoms with Gasteiger partial charge < -0.3 is 10.2 Å². The molecule has 134 valence electrons. The number of likely N-dealkylation sites (tertiary alicyclic amines) is 1. The second-order valence-corrected chi connectivity index (χ2v) is 8.04. The highest BCUT2D eigenvalue weighted by atomic mass is 16.2. The molecule has 0 bridgehead atoms. The molecule has 25 heavy (non-hydrogen) atoms. The lowest BCUT2D eigenvalue weighted by Crippen LogP contribution is -2.49. The van der Waals surface area contributed by atoms with Crippen molar-refractivity contribution in [2.24, 2.45) is 5.92 Å². The van der Waals surface area contributed by atoms with Crippen molar-refractivity contribution >= 4 is 11.8 Å². The van der Waals surface area contributed by atoms with Crippen molar-refractivity contribution in [1.82, 2.24) is 10.2 Å². The molecule has 1 N–H and O–H groups in total. The lowest BCUT2D eigenvalue weighted by Gasteiger charge is -2.31. The highest BCUT2D eigenvalue weighted by molar-refractivity contribution is 5.90. The Bertz CT molecular complexity index is 633. The van der Waals surface area contributed by atoms with Crippen LogP contribution in [0, 0.1) is 5.92 Å². The second-order valence-electron chi connectivity index (χ2n) is 8.04. The first-order valence-electron chi connectivity index (χ1n) is 9.83. The predicted molar refractivity (Wildman–Crippen MR) is 97.1 cm³/mol. The summed E-state index contributed by atoms with van der Waals surface area (Å²) in [6.07, 6.45) is 8.46. The number of rotatable bonds is 5. The third-order valence-electron chi connectivity index (χ3n) is 6.31. The number of nitrogens with one attached hydrogen (secondary N) is 1. The number of amides is 2. The van der Waals surface area contributed by atoms with E-state index in [-0.39, 0.29) is 29.2 Å². The monoisotopic (exact) mass is 340 g/mol. The summed E-state index contributed by atoms with van der Waals surface area (Å²) in [7, 11) is 0. The van der Waals surface area contributed by atoms with Gasteiger partial charge in [0, 0.05) is 24.4 Å². The molecule has 1 saturated heterocycles. The van der Waals surface area contributed by atoms with Crippen molar-refractivity contribution in [2.75, 3.05) is 13.1 Å². The Labute approximate surface area is 150 Å². The Balaban J connectivity index is 1.42. The summed E-state index contributed by atoms with van der Waals surface area (Å²) in [5, 5.41) is 3.22. The molecule has 0 aromatic heterocycles. The highest BCUT2D eigenvalue weighted by Crippen LogP contribution is 2.40. The number of nitrogens with zero attached hydrogens (tertiary/aromatic N) is 1. The van der Waals surface area contributed by atoms with Crippen LogP contribution in [0.25, 0.3) is 0 Å². The van der Waals surface area contributed by atoms with Crippen LogP contribution in [-0.4, -0.2) is 35.8 Å². The summed E-state index contributed by atoms with van der Waals surface area (Å²) in [6.45, 7) is 1.44. The molecule has 2 saturated carbocycles. The zero-order valence-corrected chi connectivity index (χ0v) is 14.9. The Morgan fingerprint density at radius 3 is 2.44 bits per heavy atom. The molecule has 4 heteroatoms. The minimum absolute atomic E-state index is 0.0497. The lowest BCUT2D eigenvalue weighted by atomic mass is 9.79. The van der Waals surface area contributed by atoms with Gasteiger partial charge in [0.25, 0.3) is 0 Å². The Morgan fingerprint density at radius 1 is 1.04 bits per heavy atom. The van der Waals surface area contributed by atoms with E-state index in [4.69, 9.17) is 0 Å². The molecule has 0 spiro atoms. The average molecular weight is 340 g/mol. The van der Waals surface area contributed by atoms with Gasteiger partial charge in [0.05, 0.1) is 0 Å². The molecule has 4 rings (SSSR count). The van der Waals surface area contributed by atoms with Gasteiger partial charge in [-0.25, -0.2) is 0 Å². The quantitative estimate of drug-likeness (QED) is 0.896. The van der Waals surface area contributed by atoms with Crippen LogP contribution in [0.4, 0.5) is 0 Å². The van der Waals surface area contributed by atoms with E-state index in [0.29, 0.717) is 6.54 Å². The summed E-state index contributed by atoms with van der Waals surface area (Å²) in [5.74, 6) is 0.448. The van der Waals surface area contributed by atoms with Gasteiger partial charge in [0.15, 0.2) is 0 Å². The Kier molecular flexibility index (Phi) is 4.53. The highest BCUT2D eigenvalue weighted by Gasteiger charge is 2.42. The van der Waals surface area contributed by atoms with E-state index < -0.39 is 0 Å². The molecule has 1 aliphatic heterocycles. The van der Waals surface area contributed by atoms with E-state index in [9.17, 15) is 9.59 Å². The van der Waals surface area contributed by atoms with E-state index in [1.54, 1.807) is 0 Å². The largest absolute Gasteiger partial charge is 0.353 e. The van der Waals surface area contributed by atoms with Gasteiger partial charge >= 0.3 is 0 Å². The van der Waals surface area contributed by atoms with Crippen molar-refractivity contribution in [3.63, 3.8) is 0 Å². The molecule has 1 aromatic rings. The van der Waals surface area contributed by atoms with E-state index >= 15 is 0 Å². The summed E-state index contributed by atoms with van der Waals surface area (Å²) >= 11 is 0. The Hall–Kier alpha value is -1.84. The number of hydrogen-bond donors (Lipinski definition) is 1. The smallest absolute Gasteiger partial charge is 0.242 e. The summed E-state index contributed by atoms with van der Waals surface area (Å²) in [6, 6.07) is 10.4. The first-order chi connectivity index (χ1) is 12.2. The van der Waals surface area contributed by atoms with E-state index in [0.717, 1.165) is 45.1 Å². The normalized spacial score (nSPS) is 25.1. The van der Waals surface area contributed by atoms with Crippen LogP contribution in [0.1, 0.15) is 56.9 Å². The fraction of sp³-hybridized carbons (Fsp3) is 0.619. The fourth-order valence-corrected chi connectivity index (χ4v) is 4.65. The number of carbonyl (C=O) groups excluding carboxylic acids is 2. The third-order valence-corrected chi connectivity index (χ3v) is 6.31. The van der Waals surface area contributed by atoms with Crippen LogP contribution in [0.5, 0.6) is 0 Å². The minimum atomic E-state index is -0.248. The average Bonchev–Trinajstić information content (AvgIpc) is 3.19. The van der Waals surface area contributed by atoms with E-state index in [1.165, 1.54) is 18.4 Å². The molecule has 0 radical (unpaired) electrons. The van der Waals surface area contributed by atoms with E-state index in [2.05, 4.69) is 29.6 Å². The molecule has 1 heterocycles. The lowest BCUT2D eigenvalue weighted by molar-refractivity contribution is -0.139. The molecule has 2 aliphatic carbocycles. The number of benzene rings is 1. The minimum Gasteiger partial charge on any atom is -0.353 e. The predicted octanol–water partition coefficient (Wildman–Crippen LogP) is 3.02. The second kappa shape index (κ2) is 6.81. The summed E-state index contributed by atoms with van der Waals surface area (Å²) < 4.78 is 0. The maximum Gasteiger partial charge on any atom is 0.242 e. The number of hydrogen-bond acceptors (Lipinski definition) is 2. The van der Waals surface area contributed by atoms with Gasteiger partial charge in [-0.05, 0) is 44.1 Å². The van der Waals surface area contributed by atoms with Gasteiger partial charge in [-0.1, -0.05) is 43.2 Å². The zero-order valence-electron chi connectivity index (χ0n) is 14.9. The first kappa shape index (κ1) is 16.6. The molecule has 3 aliphatic rings. The molecule has 4 nitrogen and oxygen atoms in total. The van der Waals surface area contributed by atoms with Crippen LogP contribution >= 0.6 is 0 Å². The summed E-state index contributed by atoms with van der Waals surface area (Å²) in [4.78, 5) is 27.1. The standard InChI is InChI=1S/C21H28N2O2/c24-19(18-9-6-14-23(18)20(25)16-10-11-16)22-15-21(12-4-5-13-21)17-7-2-1-3-8-17/h1-3,7-8,16,18H,4-6,9-15H2,(H,22,24). The fourth-order valence-electron chi connectivity index (χ4n) is 4.65. The van der Waals surface area contributed by atoms with Gasteiger partial charge in [0.2, 0.25) is 11.8 Å².